The van der Waals surface area contributed by atoms with Gasteiger partial charge in [-0.25, -0.2) is 13.2 Å². The smallest absolute Gasteiger partial charge is 0.343 e. The molecule has 126 valence electrons. The summed E-state index contributed by atoms with van der Waals surface area (Å²) in [7, 11) is -3.55. The molecule has 0 aromatic heterocycles. The van der Waals surface area contributed by atoms with Crippen LogP contribution in [0.3, 0.4) is 0 Å². The minimum Gasteiger partial charge on any atom is -0.423 e. The molecule has 0 bridgehead atoms. The number of benzene rings is 2. The van der Waals surface area contributed by atoms with Crippen LogP contribution in [0.4, 0.5) is 0 Å². The highest BCUT2D eigenvalue weighted by Gasteiger charge is 2.27. The average Bonchev–Trinajstić information content (AvgIpc) is 3.12. The van der Waals surface area contributed by atoms with Gasteiger partial charge in [-0.3, -0.25) is 0 Å². The van der Waals surface area contributed by atoms with E-state index in [4.69, 9.17) is 4.74 Å². The van der Waals surface area contributed by atoms with Crippen molar-refractivity contribution in [2.45, 2.75) is 17.7 Å². The van der Waals surface area contributed by atoms with Crippen molar-refractivity contribution in [1.82, 2.24) is 4.31 Å². The third-order valence-corrected chi connectivity index (χ3v) is 6.22. The predicted octanol–water partition coefficient (Wildman–Crippen LogP) is 3.45. The summed E-state index contributed by atoms with van der Waals surface area (Å²) in [5.41, 5.74) is 0.207. The van der Waals surface area contributed by atoms with Crippen LogP contribution in [0.5, 0.6) is 5.75 Å². The number of rotatable bonds is 4. The Morgan fingerprint density at radius 3 is 2.38 bits per heavy atom. The second-order valence-electron chi connectivity index (χ2n) is 5.48. The van der Waals surface area contributed by atoms with Gasteiger partial charge in [-0.2, -0.15) is 4.31 Å². The van der Waals surface area contributed by atoms with Crippen LogP contribution in [0.1, 0.15) is 23.2 Å². The number of halogens is 1. The number of esters is 1. The standard InChI is InChI=1S/C17H16BrNO4S/c18-14-6-8-15(9-7-14)23-17(20)13-4-3-5-16(12-13)24(21,22)19-10-1-2-11-19/h3-9,12H,1-2,10-11H2. The molecule has 24 heavy (non-hydrogen) atoms. The molecule has 1 heterocycles. The van der Waals surface area contributed by atoms with Gasteiger partial charge in [-0.1, -0.05) is 22.0 Å². The van der Waals surface area contributed by atoms with Gasteiger partial charge < -0.3 is 4.74 Å². The fraction of sp³-hybridized carbons (Fsp3) is 0.235. The molecular weight excluding hydrogens is 394 g/mol. The first-order chi connectivity index (χ1) is 11.5. The molecule has 2 aromatic rings. The number of carbonyl (C=O) groups is 1. The molecule has 1 fully saturated rings. The molecule has 0 spiro atoms. The third-order valence-electron chi connectivity index (χ3n) is 3.80. The zero-order valence-corrected chi connectivity index (χ0v) is 15.2. The highest BCUT2D eigenvalue weighted by molar-refractivity contribution is 9.10. The zero-order valence-electron chi connectivity index (χ0n) is 12.8. The molecule has 0 aliphatic carbocycles. The van der Waals surface area contributed by atoms with E-state index in [0.29, 0.717) is 18.8 Å². The van der Waals surface area contributed by atoms with Gasteiger partial charge in [-0.05, 0) is 55.3 Å². The van der Waals surface area contributed by atoms with Gasteiger partial charge in [0.2, 0.25) is 10.0 Å². The Labute approximate surface area is 149 Å². The van der Waals surface area contributed by atoms with Crippen LogP contribution in [0.2, 0.25) is 0 Å². The van der Waals surface area contributed by atoms with Gasteiger partial charge in [0.15, 0.2) is 0 Å². The van der Waals surface area contributed by atoms with Crippen LogP contribution in [0, 0.1) is 0 Å². The molecule has 5 nitrogen and oxygen atoms in total. The Hall–Kier alpha value is -1.70. The fourth-order valence-corrected chi connectivity index (χ4v) is 4.36. The summed E-state index contributed by atoms with van der Waals surface area (Å²) < 4.78 is 32.8. The van der Waals surface area contributed by atoms with Crippen molar-refractivity contribution in [3.63, 3.8) is 0 Å². The van der Waals surface area contributed by atoms with Gasteiger partial charge in [0.05, 0.1) is 10.5 Å². The number of carbonyl (C=O) groups excluding carboxylic acids is 1. The van der Waals surface area contributed by atoms with E-state index in [0.717, 1.165) is 17.3 Å². The van der Waals surface area contributed by atoms with E-state index in [2.05, 4.69) is 15.9 Å². The predicted molar refractivity (Wildman–Crippen MR) is 93.5 cm³/mol. The second-order valence-corrected chi connectivity index (χ2v) is 8.34. The SMILES string of the molecule is O=C(Oc1ccc(Br)cc1)c1cccc(S(=O)(=O)N2CCCC2)c1. The van der Waals surface area contributed by atoms with E-state index in [1.807, 2.05) is 0 Å². The minimum atomic E-state index is -3.55. The van der Waals surface area contributed by atoms with Gasteiger partial charge in [0.1, 0.15) is 5.75 Å². The highest BCUT2D eigenvalue weighted by Crippen LogP contribution is 2.22. The summed E-state index contributed by atoms with van der Waals surface area (Å²) in [5.74, 6) is -0.188. The largest absolute Gasteiger partial charge is 0.423 e. The van der Waals surface area contributed by atoms with Gasteiger partial charge in [0, 0.05) is 17.6 Å². The first kappa shape index (κ1) is 17.1. The molecule has 0 unspecified atom stereocenters. The van der Waals surface area contributed by atoms with Crippen molar-refractivity contribution in [2.75, 3.05) is 13.1 Å². The van der Waals surface area contributed by atoms with Crippen LogP contribution in [0.25, 0.3) is 0 Å². The quantitative estimate of drug-likeness (QED) is 0.572. The van der Waals surface area contributed by atoms with Crippen molar-refractivity contribution in [3.05, 3.63) is 58.6 Å². The summed E-state index contributed by atoms with van der Waals surface area (Å²) in [6.07, 6.45) is 1.73. The number of nitrogens with zero attached hydrogens (tertiary/aromatic N) is 1. The van der Waals surface area contributed by atoms with Crippen LogP contribution in [-0.4, -0.2) is 31.8 Å². The molecule has 1 saturated heterocycles. The van der Waals surface area contributed by atoms with Crippen LogP contribution >= 0.6 is 15.9 Å². The molecule has 2 aromatic carbocycles. The van der Waals surface area contributed by atoms with Crippen LogP contribution in [0.15, 0.2) is 57.9 Å². The van der Waals surface area contributed by atoms with Crippen molar-refractivity contribution >= 4 is 31.9 Å². The molecule has 0 radical (unpaired) electrons. The van der Waals surface area contributed by atoms with Gasteiger partial charge >= 0.3 is 5.97 Å². The third kappa shape index (κ3) is 3.68. The number of ether oxygens (including phenoxy) is 1. The molecule has 0 N–H and O–H groups in total. The van der Waals surface area contributed by atoms with Crippen molar-refractivity contribution in [2.24, 2.45) is 0 Å². The lowest BCUT2D eigenvalue weighted by molar-refractivity contribution is 0.0734. The van der Waals surface area contributed by atoms with E-state index >= 15 is 0 Å². The topological polar surface area (TPSA) is 63.7 Å². The van der Waals surface area contributed by atoms with E-state index in [1.165, 1.54) is 16.4 Å². The van der Waals surface area contributed by atoms with E-state index in [-0.39, 0.29) is 10.5 Å². The lowest BCUT2D eigenvalue weighted by atomic mass is 10.2. The Morgan fingerprint density at radius 1 is 1.04 bits per heavy atom. The maximum atomic E-state index is 12.6. The lowest BCUT2D eigenvalue weighted by Gasteiger charge is -2.15. The van der Waals surface area contributed by atoms with Crippen molar-refractivity contribution in [1.29, 1.82) is 0 Å². The first-order valence-corrected chi connectivity index (χ1v) is 9.78. The van der Waals surface area contributed by atoms with Crippen LogP contribution < -0.4 is 4.74 Å². The Balaban J connectivity index is 1.82. The Bertz CT molecular complexity index is 843. The van der Waals surface area contributed by atoms with Gasteiger partial charge in [0.25, 0.3) is 0 Å². The number of sulfonamides is 1. The van der Waals surface area contributed by atoms with E-state index in [1.54, 1.807) is 36.4 Å². The molecular formula is C17H16BrNO4S. The van der Waals surface area contributed by atoms with Crippen molar-refractivity contribution in [3.8, 4) is 5.75 Å². The van der Waals surface area contributed by atoms with Crippen LogP contribution in [-0.2, 0) is 10.0 Å². The molecule has 3 rings (SSSR count). The molecule has 0 saturated carbocycles. The zero-order chi connectivity index (χ0) is 17.2. The maximum Gasteiger partial charge on any atom is 0.343 e. The molecule has 0 amide bonds. The van der Waals surface area contributed by atoms with Crippen molar-refractivity contribution < 1.29 is 17.9 Å². The fourth-order valence-electron chi connectivity index (χ4n) is 2.53. The summed E-state index contributed by atoms with van der Waals surface area (Å²) in [6, 6.07) is 12.8. The average molecular weight is 410 g/mol. The summed E-state index contributed by atoms with van der Waals surface area (Å²) >= 11 is 3.31. The summed E-state index contributed by atoms with van der Waals surface area (Å²) in [4.78, 5) is 12.4. The minimum absolute atomic E-state index is 0.120. The van der Waals surface area contributed by atoms with Gasteiger partial charge in [-0.15, -0.1) is 0 Å². The lowest BCUT2D eigenvalue weighted by Crippen LogP contribution is -2.28. The first-order valence-electron chi connectivity index (χ1n) is 7.55. The number of hydrogen-bond acceptors (Lipinski definition) is 4. The Morgan fingerprint density at radius 2 is 1.71 bits per heavy atom. The summed E-state index contributed by atoms with van der Waals surface area (Å²) in [5, 5.41) is 0. The highest BCUT2D eigenvalue weighted by atomic mass is 79.9. The van der Waals surface area contributed by atoms with E-state index in [9.17, 15) is 13.2 Å². The molecule has 1 aliphatic heterocycles. The Kier molecular flexibility index (Phi) is 5.03. The monoisotopic (exact) mass is 409 g/mol. The number of hydrogen-bond donors (Lipinski definition) is 0. The molecule has 1 aliphatic rings. The summed E-state index contributed by atoms with van der Waals surface area (Å²) in [6.45, 7) is 1.05. The van der Waals surface area contributed by atoms with E-state index < -0.39 is 16.0 Å². The normalized spacial score (nSPS) is 15.4. The molecule has 0 atom stereocenters. The maximum absolute atomic E-state index is 12.6. The molecule has 7 heteroatoms. The second kappa shape index (κ2) is 7.04.